The second-order valence-electron chi connectivity index (χ2n) is 3.88. The third-order valence-electron chi connectivity index (χ3n) is 2.35. The summed E-state index contributed by atoms with van der Waals surface area (Å²) in [6.07, 6.45) is -4.72. The first kappa shape index (κ1) is 17.7. The van der Waals surface area contributed by atoms with Gasteiger partial charge in [-0.15, -0.1) is 12.4 Å². The van der Waals surface area contributed by atoms with E-state index in [1.807, 2.05) is 5.32 Å². The number of hydrogen-bond donors (Lipinski definition) is 2. The maximum Gasteiger partial charge on any atom is 0.408 e. The van der Waals surface area contributed by atoms with Crippen LogP contribution in [0.5, 0.6) is 0 Å². The summed E-state index contributed by atoms with van der Waals surface area (Å²) in [6.45, 7) is -0.138. The average Bonchev–Trinajstić information content (AvgIpc) is 2.28. The highest BCUT2D eigenvalue weighted by atomic mass is 35.5. The molecule has 0 aliphatic carbocycles. The molecule has 0 bridgehead atoms. The van der Waals surface area contributed by atoms with Crippen LogP contribution in [0.1, 0.15) is 5.56 Å². The van der Waals surface area contributed by atoms with E-state index in [1.165, 1.54) is 7.05 Å². The molecule has 0 saturated heterocycles. The smallest absolute Gasteiger partial charge is 0.343 e. The van der Waals surface area contributed by atoms with E-state index >= 15 is 0 Å². The third kappa shape index (κ3) is 6.45. The van der Waals surface area contributed by atoms with Crippen molar-refractivity contribution in [2.75, 3.05) is 13.6 Å². The SMILES string of the molecule is CNCC(=O)NC(Cc1ccccc1)C(F)(F)F.Cl. The number of benzene rings is 1. The molecule has 2 N–H and O–H groups in total. The zero-order chi connectivity index (χ0) is 13.6. The zero-order valence-electron chi connectivity index (χ0n) is 10.3. The number of rotatable bonds is 5. The van der Waals surface area contributed by atoms with Crippen LogP contribution in [-0.2, 0) is 11.2 Å². The van der Waals surface area contributed by atoms with E-state index in [4.69, 9.17) is 0 Å². The summed E-state index contributed by atoms with van der Waals surface area (Å²) < 4.78 is 38.3. The fraction of sp³-hybridized carbons (Fsp3) is 0.417. The summed E-state index contributed by atoms with van der Waals surface area (Å²) >= 11 is 0. The van der Waals surface area contributed by atoms with Gasteiger partial charge in [0.25, 0.3) is 0 Å². The van der Waals surface area contributed by atoms with E-state index < -0.39 is 18.1 Å². The highest BCUT2D eigenvalue weighted by Gasteiger charge is 2.40. The minimum absolute atomic E-state index is 0. The molecule has 1 aromatic rings. The minimum Gasteiger partial charge on any atom is -0.343 e. The lowest BCUT2D eigenvalue weighted by atomic mass is 10.1. The van der Waals surface area contributed by atoms with E-state index in [1.54, 1.807) is 30.3 Å². The Bertz CT molecular complexity index is 384. The Morgan fingerprint density at radius 2 is 1.84 bits per heavy atom. The monoisotopic (exact) mass is 296 g/mol. The summed E-state index contributed by atoms with van der Waals surface area (Å²) in [5.74, 6) is -0.671. The highest BCUT2D eigenvalue weighted by molar-refractivity contribution is 5.85. The molecular weight excluding hydrogens is 281 g/mol. The van der Waals surface area contributed by atoms with E-state index in [-0.39, 0.29) is 25.4 Å². The molecule has 1 atom stereocenters. The van der Waals surface area contributed by atoms with Gasteiger partial charge < -0.3 is 10.6 Å². The lowest BCUT2D eigenvalue weighted by Gasteiger charge is -2.21. The normalized spacial score (nSPS) is 12.4. The first-order chi connectivity index (χ1) is 8.43. The van der Waals surface area contributed by atoms with E-state index in [2.05, 4.69) is 5.32 Å². The van der Waals surface area contributed by atoms with Crippen LogP contribution in [0, 0.1) is 0 Å². The number of carbonyl (C=O) groups is 1. The van der Waals surface area contributed by atoms with Gasteiger partial charge in [-0.25, -0.2) is 0 Å². The van der Waals surface area contributed by atoms with Crippen LogP contribution in [0.25, 0.3) is 0 Å². The quantitative estimate of drug-likeness (QED) is 0.871. The topological polar surface area (TPSA) is 41.1 Å². The molecule has 19 heavy (non-hydrogen) atoms. The number of carbonyl (C=O) groups excluding carboxylic acids is 1. The van der Waals surface area contributed by atoms with Gasteiger partial charge in [-0.2, -0.15) is 13.2 Å². The van der Waals surface area contributed by atoms with Gasteiger partial charge in [0.2, 0.25) is 5.91 Å². The van der Waals surface area contributed by atoms with Crippen LogP contribution >= 0.6 is 12.4 Å². The Hall–Kier alpha value is -1.27. The van der Waals surface area contributed by atoms with Gasteiger partial charge in [0.05, 0.1) is 6.54 Å². The molecule has 1 aromatic carbocycles. The number of halogens is 4. The van der Waals surface area contributed by atoms with Crippen molar-refractivity contribution in [2.45, 2.75) is 18.6 Å². The van der Waals surface area contributed by atoms with Crippen LogP contribution < -0.4 is 10.6 Å². The van der Waals surface area contributed by atoms with Gasteiger partial charge in [0.15, 0.2) is 0 Å². The fourth-order valence-electron chi connectivity index (χ4n) is 1.50. The first-order valence-corrected chi connectivity index (χ1v) is 5.48. The molecule has 108 valence electrons. The summed E-state index contributed by atoms with van der Waals surface area (Å²) in [5.41, 5.74) is 0.532. The number of likely N-dealkylation sites (N-methyl/N-ethyl adjacent to an activating group) is 1. The van der Waals surface area contributed by atoms with Crippen LogP contribution in [0.4, 0.5) is 13.2 Å². The van der Waals surface area contributed by atoms with Crippen LogP contribution in [-0.4, -0.2) is 31.7 Å². The summed E-state index contributed by atoms with van der Waals surface area (Å²) in [5, 5.41) is 4.49. The highest BCUT2D eigenvalue weighted by Crippen LogP contribution is 2.23. The number of alkyl halides is 3. The zero-order valence-corrected chi connectivity index (χ0v) is 11.1. The molecule has 0 heterocycles. The number of nitrogens with one attached hydrogen (secondary N) is 2. The van der Waals surface area contributed by atoms with Gasteiger partial charge in [-0.3, -0.25) is 4.79 Å². The molecule has 0 aliphatic heterocycles. The standard InChI is InChI=1S/C12H15F3N2O.ClH/c1-16-8-11(18)17-10(12(13,14)15)7-9-5-3-2-4-6-9;/h2-6,10,16H,7-8H2,1H3,(H,17,18);1H. The van der Waals surface area contributed by atoms with Crippen molar-refractivity contribution < 1.29 is 18.0 Å². The Morgan fingerprint density at radius 3 is 2.32 bits per heavy atom. The van der Waals surface area contributed by atoms with Crippen LogP contribution in [0.2, 0.25) is 0 Å². The Labute approximate surface area is 116 Å². The summed E-state index contributed by atoms with van der Waals surface area (Å²) in [6, 6.07) is 6.40. The maximum atomic E-state index is 12.8. The second kappa shape index (κ2) is 8.01. The van der Waals surface area contributed by atoms with Crippen molar-refractivity contribution in [3.05, 3.63) is 35.9 Å². The maximum absolute atomic E-state index is 12.8. The van der Waals surface area contributed by atoms with Crippen molar-refractivity contribution in [1.29, 1.82) is 0 Å². The van der Waals surface area contributed by atoms with Gasteiger partial charge in [-0.05, 0) is 12.6 Å². The molecule has 7 heteroatoms. The van der Waals surface area contributed by atoms with E-state index in [0.29, 0.717) is 5.56 Å². The van der Waals surface area contributed by atoms with Crippen molar-refractivity contribution >= 4 is 18.3 Å². The summed E-state index contributed by atoms with van der Waals surface area (Å²) in [7, 11) is 1.50. The summed E-state index contributed by atoms with van der Waals surface area (Å²) in [4.78, 5) is 11.2. The van der Waals surface area contributed by atoms with Crippen molar-refractivity contribution in [2.24, 2.45) is 0 Å². The molecule has 0 aliphatic rings. The predicted octanol–water partition coefficient (Wildman–Crippen LogP) is 1.92. The lowest BCUT2D eigenvalue weighted by molar-refractivity contribution is -0.161. The fourth-order valence-corrected chi connectivity index (χ4v) is 1.50. The molecular formula is C12H16ClF3N2O. The Balaban J connectivity index is 0.00000324. The largest absolute Gasteiger partial charge is 0.408 e. The molecule has 1 rings (SSSR count). The third-order valence-corrected chi connectivity index (χ3v) is 2.35. The van der Waals surface area contributed by atoms with Crippen molar-refractivity contribution in [3.63, 3.8) is 0 Å². The number of amides is 1. The van der Waals surface area contributed by atoms with Gasteiger partial charge in [-0.1, -0.05) is 30.3 Å². The van der Waals surface area contributed by atoms with Crippen LogP contribution in [0.3, 0.4) is 0 Å². The lowest BCUT2D eigenvalue weighted by Crippen LogP contribution is -2.49. The second-order valence-corrected chi connectivity index (χ2v) is 3.88. The van der Waals surface area contributed by atoms with Crippen molar-refractivity contribution in [1.82, 2.24) is 10.6 Å². The predicted molar refractivity (Wildman–Crippen MR) is 69.3 cm³/mol. The molecule has 1 amide bonds. The Morgan fingerprint density at radius 1 is 1.26 bits per heavy atom. The average molecular weight is 297 g/mol. The Kier molecular flexibility index (Phi) is 7.48. The van der Waals surface area contributed by atoms with Gasteiger partial charge in [0, 0.05) is 6.42 Å². The molecule has 3 nitrogen and oxygen atoms in total. The van der Waals surface area contributed by atoms with E-state index in [9.17, 15) is 18.0 Å². The number of hydrogen-bond acceptors (Lipinski definition) is 2. The van der Waals surface area contributed by atoms with Crippen molar-refractivity contribution in [3.8, 4) is 0 Å². The first-order valence-electron chi connectivity index (χ1n) is 5.48. The molecule has 0 radical (unpaired) electrons. The molecule has 0 aromatic heterocycles. The van der Waals surface area contributed by atoms with E-state index in [0.717, 1.165) is 0 Å². The van der Waals surface area contributed by atoms with Crippen LogP contribution in [0.15, 0.2) is 30.3 Å². The molecule has 0 fully saturated rings. The molecule has 0 spiro atoms. The van der Waals surface area contributed by atoms with Gasteiger partial charge >= 0.3 is 6.18 Å². The minimum atomic E-state index is -4.46. The molecule has 0 saturated carbocycles. The van der Waals surface area contributed by atoms with Gasteiger partial charge in [0.1, 0.15) is 6.04 Å². The molecule has 1 unspecified atom stereocenters.